The molecule has 0 radical (unpaired) electrons. The van der Waals surface area contributed by atoms with E-state index in [9.17, 15) is 4.79 Å². The summed E-state index contributed by atoms with van der Waals surface area (Å²) < 4.78 is 4.84. The van der Waals surface area contributed by atoms with Crippen LogP contribution in [0.25, 0.3) is 0 Å². The molecule has 0 spiro atoms. The fraction of sp³-hybridized carbons (Fsp3) is 0.929. The zero-order valence-corrected chi connectivity index (χ0v) is 11.8. The van der Waals surface area contributed by atoms with E-state index in [2.05, 4.69) is 5.32 Å². The molecule has 0 bridgehead atoms. The van der Waals surface area contributed by atoms with Crippen LogP contribution in [-0.2, 0) is 4.74 Å². The molecule has 5 nitrogen and oxygen atoms in total. The van der Waals surface area contributed by atoms with Gasteiger partial charge in [-0.1, -0.05) is 0 Å². The normalized spacial score (nSPS) is 27.4. The van der Waals surface area contributed by atoms with E-state index >= 15 is 0 Å². The summed E-state index contributed by atoms with van der Waals surface area (Å²) in [6.07, 6.45) is 5.34. The highest BCUT2D eigenvalue weighted by Gasteiger charge is 2.31. The topological polar surface area (TPSA) is 61.8 Å². The highest BCUT2D eigenvalue weighted by atomic mass is 16.5. The van der Waals surface area contributed by atoms with Crippen molar-refractivity contribution in [2.45, 2.75) is 38.1 Å². The van der Waals surface area contributed by atoms with Crippen molar-refractivity contribution in [1.82, 2.24) is 10.2 Å². The van der Waals surface area contributed by atoms with Gasteiger partial charge in [0, 0.05) is 25.7 Å². The third-order valence-corrected chi connectivity index (χ3v) is 4.13. The first-order valence-corrected chi connectivity index (χ1v) is 7.40. The van der Waals surface area contributed by atoms with Crippen molar-refractivity contribution in [2.75, 3.05) is 33.4 Å². The molecule has 2 aliphatic rings. The molecular formula is C14H26N2O3. The Morgan fingerprint density at radius 3 is 2.79 bits per heavy atom. The van der Waals surface area contributed by atoms with Crippen molar-refractivity contribution in [3.05, 3.63) is 0 Å². The van der Waals surface area contributed by atoms with E-state index in [1.807, 2.05) is 0 Å². The Kier molecular flexibility index (Phi) is 5.45. The largest absolute Gasteiger partial charge is 0.453 e. The van der Waals surface area contributed by atoms with Gasteiger partial charge in [-0.2, -0.15) is 0 Å². The summed E-state index contributed by atoms with van der Waals surface area (Å²) in [6, 6.07) is 0.372. The summed E-state index contributed by atoms with van der Waals surface area (Å²) in [5.74, 6) is 1.32. The lowest BCUT2D eigenvalue weighted by molar-refractivity contribution is 0.0873. The molecule has 1 aliphatic carbocycles. The highest BCUT2D eigenvalue weighted by molar-refractivity contribution is 5.67. The number of aliphatic hydroxyl groups excluding tert-OH is 1. The smallest absolute Gasteiger partial charge is 0.409 e. The minimum absolute atomic E-state index is 0.230. The number of nitrogens with one attached hydrogen (secondary N) is 1. The zero-order chi connectivity index (χ0) is 13.7. The second kappa shape index (κ2) is 7.10. The molecule has 1 amide bonds. The van der Waals surface area contributed by atoms with E-state index in [1.165, 1.54) is 20.0 Å². The van der Waals surface area contributed by atoms with Crippen LogP contribution >= 0.6 is 0 Å². The van der Waals surface area contributed by atoms with E-state index in [1.54, 1.807) is 4.90 Å². The molecule has 19 heavy (non-hydrogen) atoms. The summed E-state index contributed by atoms with van der Waals surface area (Å²) >= 11 is 0. The summed E-state index contributed by atoms with van der Waals surface area (Å²) in [5, 5.41) is 12.5. The van der Waals surface area contributed by atoms with Crippen molar-refractivity contribution < 1.29 is 14.6 Å². The monoisotopic (exact) mass is 270 g/mol. The van der Waals surface area contributed by atoms with Crippen LogP contribution in [0.1, 0.15) is 32.1 Å². The molecule has 1 saturated carbocycles. The first-order valence-electron chi connectivity index (χ1n) is 7.40. The first kappa shape index (κ1) is 14.6. The molecule has 2 rings (SSSR count). The fourth-order valence-corrected chi connectivity index (χ4v) is 2.87. The number of ether oxygens (including phenoxy) is 1. The minimum atomic E-state index is -0.230. The molecule has 1 saturated heterocycles. The fourth-order valence-electron chi connectivity index (χ4n) is 2.87. The molecule has 0 aromatic heterocycles. The predicted molar refractivity (Wildman–Crippen MR) is 72.9 cm³/mol. The Morgan fingerprint density at radius 1 is 1.37 bits per heavy atom. The highest BCUT2D eigenvalue weighted by Crippen LogP contribution is 2.28. The van der Waals surface area contributed by atoms with Gasteiger partial charge in [0.1, 0.15) is 0 Å². The Balaban J connectivity index is 1.84. The molecule has 2 fully saturated rings. The van der Waals surface area contributed by atoms with E-state index in [0.29, 0.717) is 12.0 Å². The van der Waals surface area contributed by atoms with Crippen LogP contribution in [0.15, 0.2) is 0 Å². The van der Waals surface area contributed by atoms with Crippen molar-refractivity contribution in [2.24, 2.45) is 11.8 Å². The van der Waals surface area contributed by atoms with Crippen molar-refractivity contribution >= 4 is 6.09 Å². The van der Waals surface area contributed by atoms with Crippen LogP contribution in [0.5, 0.6) is 0 Å². The quantitative estimate of drug-likeness (QED) is 0.762. The molecule has 1 aliphatic heterocycles. The summed E-state index contributed by atoms with van der Waals surface area (Å²) in [7, 11) is 1.44. The molecular weight excluding hydrogens is 244 g/mol. The van der Waals surface area contributed by atoms with Gasteiger partial charge in [-0.25, -0.2) is 4.79 Å². The second-order valence-corrected chi connectivity index (χ2v) is 5.89. The van der Waals surface area contributed by atoms with Gasteiger partial charge in [0.25, 0.3) is 0 Å². The maximum absolute atomic E-state index is 11.7. The third kappa shape index (κ3) is 4.66. The number of carbonyl (C=O) groups excluding carboxylic acids is 1. The number of hydrogen-bond donors (Lipinski definition) is 2. The van der Waals surface area contributed by atoms with E-state index in [4.69, 9.17) is 9.84 Å². The maximum Gasteiger partial charge on any atom is 0.409 e. The number of piperidine rings is 1. The SMILES string of the molecule is COC(=O)N1CC(CCCO)CC(NCC2CC2)C1. The number of hydrogen-bond acceptors (Lipinski definition) is 4. The standard InChI is InChI=1S/C14H26N2O3/c1-19-14(18)16-9-12(3-2-6-17)7-13(10-16)15-8-11-4-5-11/h11-13,15,17H,2-10H2,1H3. The molecule has 2 unspecified atom stereocenters. The Bertz CT molecular complexity index is 294. The summed E-state index contributed by atoms with van der Waals surface area (Å²) in [5.41, 5.74) is 0. The van der Waals surface area contributed by atoms with Gasteiger partial charge in [-0.3, -0.25) is 0 Å². The Labute approximate surface area is 115 Å². The van der Waals surface area contributed by atoms with Crippen molar-refractivity contribution in [3.63, 3.8) is 0 Å². The number of methoxy groups -OCH3 is 1. The first-order chi connectivity index (χ1) is 9.22. The van der Waals surface area contributed by atoms with Crippen LogP contribution < -0.4 is 5.32 Å². The van der Waals surface area contributed by atoms with E-state index in [-0.39, 0.29) is 12.7 Å². The van der Waals surface area contributed by atoms with Gasteiger partial charge in [0.15, 0.2) is 0 Å². The summed E-state index contributed by atoms with van der Waals surface area (Å²) in [6.45, 7) is 2.81. The van der Waals surface area contributed by atoms with Crippen LogP contribution in [0, 0.1) is 11.8 Å². The molecule has 2 N–H and O–H groups in total. The van der Waals surface area contributed by atoms with Crippen molar-refractivity contribution in [3.8, 4) is 0 Å². The van der Waals surface area contributed by atoms with Crippen LogP contribution in [-0.4, -0.2) is 55.5 Å². The average Bonchev–Trinajstić information content (AvgIpc) is 3.26. The number of rotatable bonds is 6. The van der Waals surface area contributed by atoms with Gasteiger partial charge in [0.2, 0.25) is 0 Å². The second-order valence-electron chi connectivity index (χ2n) is 5.89. The molecule has 0 aromatic carbocycles. The number of likely N-dealkylation sites (tertiary alicyclic amines) is 1. The molecule has 110 valence electrons. The lowest BCUT2D eigenvalue weighted by atomic mass is 9.90. The zero-order valence-electron chi connectivity index (χ0n) is 11.8. The lowest BCUT2D eigenvalue weighted by Crippen LogP contribution is -2.51. The van der Waals surface area contributed by atoms with Crippen LogP contribution in [0.2, 0.25) is 0 Å². The molecule has 2 atom stereocenters. The third-order valence-electron chi connectivity index (χ3n) is 4.13. The Morgan fingerprint density at radius 2 is 2.16 bits per heavy atom. The Hall–Kier alpha value is -0.810. The molecule has 5 heteroatoms. The maximum atomic E-state index is 11.7. The minimum Gasteiger partial charge on any atom is -0.453 e. The number of carbonyl (C=O) groups is 1. The summed E-state index contributed by atoms with van der Waals surface area (Å²) in [4.78, 5) is 13.5. The van der Waals surface area contributed by atoms with Crippen LogP contribution in [0.3, 0.4) is 0 Å². The number of aliphatic hydroxyl groups is 1. The van der Waals surface area contributed by atoms with Gasteiger partial charge in [0.05, 0.1) is 7.11 Å². The molecule has 0 aromatic rings. The number of amides is 1. The van der Waals surface area contributed by atoms with Gasteiger partial charge < -0.3 is 20.1 Å². The van der Waals surface area contributed by atoms with Crippen LogP contribution in [0.4, 0.5) is 4.79 Å². The predicted octanol–water partition coefficient (Wildman–Crippen LogP) is 1.22. The van der Waals surface area contributed by atoms with Crippen molar-refractivity contribution in [1.29, 1.82) is 0 Å². The lowest BCUT2D eigenvalue weighted by Gasteiger charge is -2.37. The number of nitrogens with zero attached hydrogens (tertiary/aromatic N) is 1. The van der Waals surface area contributed by atoms with E-state index < -0.39 is 0 Å². The van der Waals surface area contributed by atoms with Gasteiger partial charge in [-0.05, 0) is 50.5 Å². The van der Waals surface area contributed by atoms with E-state index in [0.717, 1.165) is 44.8 Å². The van der Waals surface area contributed by atoms with Gasteiger partial charge >= 0.3 is 6.09 Å². The average molecular weight is 270 g/mol. The van der Waals surface area contributed by atoms with Gasteiger partial charge in [-0.15, -0.1) is 0 Å². The molecule has 1 heterocycles.